The standard InChI is InChI=1S/C18H21NS/c1-2-20-18-13-6-5-11-17(18)19-16-12-7-9-14-8-3-4-10-15(14)16/h3-6,8,10-11,13,16,19H,2,7,9,12H2,1H3. The molecule has 20 heavy (non-hydrogen) atoms. The van der Waals surface area contributed by atoms with E-state index in [9.17, 15) is 0 Å². The Morgan fingerprint density at radius 3 is 2.80 bits per heavy atom. The summed E-state index contributed by atoms with van der Waals surface area (Å²) < 4.78 is 0. The fraction of sp³-hybridized carbons (Fsp3) is 0.333. The van der Waals surface area contributed by atoms with Crippen LogP contribution in [0.5, 0.6) is 0 Å². The first-order chi connectivity index (χ1) is 9.88. The number of nitrogens with one attached hydrogen (secondary N) is 1. The summed E-state index contributed by atoms with van der Waals surface area (Å²) in [6, 6.07) is 18.0. The largest absolute Gasteiger partial charge is 0.377 e. The van der Waals surface area contributed by atoms with Gasteiger partial charge in [-0.1, -0.05) is 43.3 Å². The highest BCUT2D eigenvalue weighted by Gasteiger charge is 2.20. The monoisotopic (exact) mass is 283 g/mol. The molecule has 0 fully saturated rings. The summed E-state index contributed by atoms with van der Waals surface area (Å²) >= 11 is 1.91. The minimum absolute atomic E-state index is 0.457. The quantitative estimate of drug-likeness (QED) is 0.765. The van der Waals surface area contributed by atoms with Crippen molar-refractivity contribution in [3.63, 3.8) is 0 Å². The third-order valence-corrected chi connectivity index (χ3v) is 4.84. The van der Waals surface area contributed by atoms with Crippen molar-refractivity contribution in [2.24, 2.45) is 0 Å². The molecule has 1 aliphatic rings. The summed E-state index contributed by atoms with van der Waals surface area (Å²) in [5, 5.41) is 3.77. The van der Waals surface area contributed by atoms with Gasteiger partial charge in [0.25, 0.3) is 0 Å². The summed E-state index contributed by atoms with van der Waals surface area (Å²) in [5.41, 5.74) is 4.27. The first-order valence-electron chi connectivity index (χ1n) is 7.44. The number of thioether (sulfide) groups is 1. The highest BCUT2D eigenvalue weighted by molar-refractivity contribution is 7.99. The molecule has 0 spiro atoms. The number of hydrogen-bond acceptors (Lipinski definition) is 2. The van der Waals surface area contributed by atoms with Gasteiger partial charge in [0, 0.05) is 10.6 Å². The van der Waals surface area contributed by atoms with E-state index in [1.807, 2.05) is 11.8 Å². The fourth-order valence-electron chi connectivity index (χ4n) is 2.96. The van der Waals surface area contributed by atoms with Gasteiger partial charge in [0.15, 0.2) is 0 Å². The Kier molecular flexibility index (Phi) is 4.31. The lowest BCUT2D eigenvalue weighted by molar-refractivity contribution is 0.599. The molecule has 0 saturated heterocycles. The number of fused-ring (bicyclic) bond motifs is 1. The van der Waals surface area contributed by atoms with Crippen LogP contribution >= 0.6 is 11.8 Å². The van der Waals surface area contributed by atoms with Crippen molar-refractivity contribution in [3.8, 4) is 0 Å². The van der Waals surface area contributed by atoms with Crippen molar-refractivity contribution in [3.05, 3.63) is 59.7 Å². The molecule has 2 aromatic carbocycles. The van der Waals surface area contributed by atoms with Crippen molar-refractivity contribution < 1.29 is 0 Å². The average Bonchev–Trinajstić information content (AvgIpc) is 2.50. The molecule has 2 heteroatoms. The Labute approximate surface area is 125 Å². The summed E-state index contributed by atoms with van der Waals surface area (Å²) in [6.45, 7) is 2.21. The lowest BCUT2D eigenvalue weighted by Gasteiger charge is -2.28. The fourth-order valence-corrected chi connectivity index (χ4v) is 3.73. The number of anilines is 1. The molecule has 0 heterocycles. The zero-order valence-electron chi connectivity index (χ0n) is 11.9. The number of hydrogen-bond donors (Lipinski definition) is 1. The normalized spacial score (nSPS) is 17.6. The lowest BCUT2D eigenvalue weighted by atomic mass is 9.87. The van der Waals surface area contributed by atoms with Crippen LogP contribution in [-0.2, 0) is 6.42 Å². The van der Waals surface area contributed by atoms with Crippen LogP contribution in [0.4, 0.5) is 5.69 Å². The predicted molar refractivity (Wildman–Crippen MR) is 88.6 cm³/mol. The van der Waals surface area contributed by atoms with Gasteiger partial charge in [0.2, 0.25) is 0 Å². The molecule has 1 atom stereocenters. The van der Waals surface area contributed by atoms with E-state index in [1.54, 1.807) is 0 Å². The van der Waals surface area contributed by atoms with Crippen molar-refractivity contribution in [2.45, 2.75) is 37.1 Å². The Morgan fingerprint density at radius 2 is 1.90 bits per heavy atom. The molecular weight excluding hydrogens is 262 g/mol. The van der Waals surface area contributed by atoms with Gasteiger partial charge in [-0.15, -0.1) is 11.8 Å². The molecule has 0 aromatic heterocycles. The second kappa shape index (κ2) is 6.36. The highest BCUT2D eigenvalue weighted by Crippen LogP contribution is 2.35. The van der Waals surface area contributed by atoms with E-state index in [4.69, 9.17) is 0 Å². The van der Waals surface area contributed by atoms with Crippen LogP contribution in [0.15, 0.2) is 53.4 Å². The van der Waals surface area contributed by atoms with Crippen molar-refractivity contribution in [2.75, 3.05) is 11.1 Å². The molecular formula is C18H21NS. The van der Waals surface area contributed by atoms with Gasteiger partial charge in [0.1, 0.15) is 0 Å². The number of aryl methyl sites for hydroxylation is 1. The van der Waals surface area contributed by atoms with Crippen LogP contribution in [0.2, 0.25) is 0 Å². The molecule has 2 aromatic rings. The van der Waals surface area contributed by atoms with E-state index in [0.717, 1.165) is 5.75 Å². The topological polar surface area (TPSA) is 12.0 Å². The van der Waals surface area contributed by atoms with Crippen molar-refractivity contribution in [1.82, 2.24) is 0 Å². The zero-order valence-corrected chi connectivity index (χ0v) is 12.7. The molecule has 1 aliphatic carbocycles. The molecule has 0 bridgehead atoms. The van der Waals surface area contributed by atoms with Gasteiger partial charge in [-0.05, 0) is 48.3 Å². The smallest absolute Gasteiger partial charge is 0.0517 e. The third-order valence-electron chi connectivity index (χ3n) is 3.89. The average molecular weight is 283 g/mol. The summed E-state index contributed by atoms with van der Waals surface area (Å²) in [4.78, 5) is 1.36. The van der Waals surface area contributed by atoms with Crippen LogP contribution in [-0.4, -0.2) is 5.75 Å². The van der Waals surface area contributed by atoms with Crippen LogP contribution < -0.4 is 5.32 Å². The molecule has 1 unspecified atom stereocenters. The number of benzene rings is 2. The Balaban J connectivity index is 1.86. The van der Waals surface area contributed by atoms with Gasteiger partial charge < -0.3 is 5.32 Å². The van der Waals surface area contributed by atoms with Crippen LogP contribution in [0, 0.1) is 0 Å². The van der Waals surface area contributed by atoms with E-state index in [1.165, 1.54) is 41.0 Å². The predicted octanol–water partition coefficient (Wildman–Crippen LogP) is 5.29. The molecule has 0 radical (unpaired) electrons. The van der Waals surface area contributed by atoms with Gasteiger partial charge in [-0.3, -0.25) is 0 Å². The second-order valence-electron chi connectivity index (χ2n) is 5.22. The zero-order chi connectivity index (χ0) is 13.8. The molecule has 104 valence electrons. The Morgan fingerprint density at radius 1 is 1.10 bits per heavy atom. The van der Waals surface area contributed by atoms with Crippen molar-refractivity contribution >= 4 is 17.4 Å². The van der Waals surface area contributed by atoms with Crippen LogP contribution in [0.3, 0.4) is 0 Å². The molecule has 0 saturated carbocycles. The molecule has 3 rings (SSSR count). The van der Waals surface area contributed by atoms with E-state index >= 15 is 0 Å². The van der Waals surface area contributed by atoms with Gasteiger partial charge in [0.05, 0.1) is 6.04 Å². The van der Waals surface area contributed by atoms with Crippen LogP contribution in [0.1, 0.15) is 36.9 Å². The van der Waals surface area contributed by atoms with E-state index in [2.05, 4.69) is 60.8 Å². The lowest BCUT2D eigenvalue weighted by Crippen LogP contribution is -2.17. The van der Waals surface area contributed by atoms with E-state index in [-0.39, 0.29) is 0 Å². The Bertz CT molecular complexity index is 579. The molecule has 0 amide bonds. The molecule has 1 N–H and O–H groups in total. The SMILES string of the molecule is CCSc1ccccc1NC1CCCc2ccccc21. The summed E-state index contributed by atoms with van der Waals surface area (Å²) in [5.74, 6) is 1.11. The minimum Gasteiger partial charge on any atom is -0.377 e. The number of para-hydroxylation sites is 1. The summed E-state index contributed by atoms with van der Waals surface area (Å²) in [6.07, 6.45) is 3.72. The van der Waals surface area contributed by atoms with E-state index in [0.29, 0.717) is 6.04 Å². The maximum absolute atomic E-state index is 3.77. The highest BCUT2D eigenvalue weighted by atomic mass is 32.2. The number of rotatable bonds is 4. The molecule has 0 aliphatic heterocycles. The minimum atomic E-state index is 0.457. The second-order valence-corrected chi connectivity index (χ2v) is 6.52. The van der Waals surface area contributed by atoms with Gasteiger partial charge in [-0.25, -0.2) is 0 Å². The maximum Gasteiger partial charge on any atom is 0.0517 e. The first-order valence-corrected chi connectivity index (χ1v) is 8.43. The Hall–Kier alpha value is -1.41. The van der Waals surface area contributed by atoms with Crippen molar-refractivity contribution in [1.29, 1.82) is 0 Å². The van der Waals surface area contributed by atoms with Gasteiger partial charge in [-0.2, -0.15) is 0 Å². The van der Waals surface area contributed by atoms with Crippen LogP contribution in [0.25, 0.3) is 0 Å². The van der Waals surface area contributed by atoms with E-state index < -0.39 is 0 Å². The third kappa shape index (κ3) is 2.85. The maximum atomic E-state index is 3.77. The van der Waals surface area contributed by atoms with Gasteiger partial charge >= 0.3 is 0 Å². The first kappa shape index (κ1) is 13.6. The molecule has 1 nitrogen and oxygen atoms in total. The summed E-state index contributed by atoms with van der Waals surface area (Å²) in [7, 11) is 0.